The molecular weight excluding hydrogens is 308 g/mol. The Balaban J connectivity index is 1.54. The van der Waals surface area contributed by atoms with Crippen molar-refractivity contribution in [2.45, 2.75) is 12.8 Å². The van der Waals surface area contributed by atoms with Crippen molar-refractivity contribution in [3.05, 3.63) is 59.7 Å². The molecule has 0 aliphatic rings. The van der Waals surface area contributed by atoms with Gasteiger partial charge in [0.2, 0.25) is 0 Å². The molecule has 0 heterocycles. The van der Waals surface area contributed by atoms with Crippen molar-refractivity contribution in [2.24, 2.45) is 10.3 Å². The van der Waals surface area contributed by atoms with Gasteiger partial charge in [0, 0.05) is 11.1 Å². The fraction of sp³-hybridized carbons (Fsp3) is 0.222. The zero-order valence-corrected chi connectivity index (χ0v) is 13.2. The maximum atomic E-state index is 9.54. The summed E-state index contributed by atoms with van der Waals surface area (Å²) in [7, 11) is 0. The van der Waals surface area contributed by atoms with E-state index < -0.39 is 0 Å². The lowest BCUT2D eigenvalue weighted by molar-refractivity contribution is 0.112. The van der Waals surface area contributed by atoms with Crippen LogP contribution in [0.5, 0.6) is 11.5 Å². The SMILES string of the molecule is Oc1ccccc1/C=N/OCCCCO/N=C/c1ccccc1O. The molecule has 126 valence electrons. The van der Waals surface area contributed by atoms with Gasteiger partial charge in [-0.05, 0) is 37.1 Å². The van der Waals surface area contributed by atoms with E-state index in [4.69, 9.17) is 9.68 Å². The Morgan fingerprint density at radius 3 is 1.54 bits per heavy atom. The highest BCUT2D eigenvalue weighted by molar-refractivity contribution is 5.83. The van der Waals surface area contributed by atoms with Crippen LogP contribution in [0, 0.1) is 0 Å². The molecule has 0 saturated heterocycles. The molecule has 6 nitrogen and oxygen atoms in total. The van der Waals surface area contributed by atoms with Crippen LogP contribution in [0.25, 0.3) is 0 Å². The van der Waals surface area contributed by atoms with E-state index in [-0.39, 0.29) is 11.5 Å². The summed E-state index contributed by atoms with van der Waals surface area (Å²) >= 11 is 0. The number of phenols is 2. The minimum absolute atomic E-state index is 0.167. The molecule has 0 amide bonds. The smallest absolute Gasteiger partial charge is 0.124 e. The summed E-state index contributed by atoms with van der Waals surface area (Å²) < 4.78 is 0. The Bertz CT molecular complexity index is 627. The fourth-order valence-electron chi connectivity index (χ4n) is 1.82. The van der Waals surface area contributed by atoms with Crippen molar-refractivity contribution < 1.29 is 19.9 Å². The van der Waals surface area contributed by atoms with Crippen LogP contribution < -0.4 is 0 Å². The summed E-state index contributed by atoms with van der Waals surface area (Å²) in [5, 5.41) is 26.7. The first-order valence-corrected chi connectivity index (χ1v) is 7.64. The van der Waals surface area contributed by atoms with E-state index in [0.717, 1.165) is 12.8 Å². The van der Waals surface area contributed by atoms with Crippen LogP contribution in [0.4, 0.5) is 0 Å². The Labute approximate surface area is 140 Å². The van der Waals surface area contributed by atoms with Crippen LogP contribution in [0.2, 0.25) is 0 Å². The molecule has 0 unspecified atom stereocenters. The summed E-state index contributed by atoms with van der Waals surface area (Å²) in [4.78, 5) is 10.2. The first-order chi connectivity index (χ1) is 11.8. The Morgan fingerprint density at radius 1 is 0.708 bits per heavy atom. The van der Waals surface area contributed by atoms with Gasteiger partial charge in [-0.2, -0.15) is 0 Å². The number of benzene rings is 2. The van der Waals surface area contributed by atoms with Crippen molar-refractivity contribution in [1.29, 1.82) is 0 Å². The van der Waals surface area contributed by atoms with Crippen molar-refractivity contribution in [1.82, 2.24) is 0 Å². The first kappa shape index (κ1) is 17.3. The molecule has 0 saturated carbocycles. The van der Waals surface area contributed by atoms with Gasteiger partial charge in [0.05, 0.1) is 12.4 Å². The molecule has 2 aromatic carbocycles. The topological polar surface area (TPSA) is 83.6 Å². The molecule has 6 heteroatoms. The zero-order chi connectivity index (χ0) is 17.0. The van der Waals surface area contributed by atoms with Crippen molar-refractivity contribution in [2.75, 3.05) is 13.2 Å². The number of phenolic OH excluding ortho intramolecular Hbond substituents is 2. The van der Waals surface area contributed by atoms with Gasteiger partial charge in [0.25, 0.3) is 0 Å². The van der Waals surface area contributed by atoms with Gasteiger partial charge >= 0.3 is 0 Å². The highest BCUT2D eigenvalue weighted by Gasteiger charge is 1.96. The molecule has 0 spiro atoms. The maximum absolute atomic E-state index is 9.54. The third kappa shape index (κ3) is 6.00. The lowest BCUT2D eigenvalue weighted by Crippen LogP contribution is -1.94. The highest BCUT2D eigenvalue weighted by atomic mass is 16.6. The number of rotatable bonds is 9. The molecule has 2 aromatic rings. The minimum atomic E-state index is 0.167. The molecule has 0 aliphatic carbocycles. The molecule has 0 aliphatic heterocycles. The largest absolute Gasteiger partial charge is 0.507 e. The zero-order valence-electron chi connectivity index (χ0n) is 13.2. The number of unbranched alkanes of at least 4 members (excludes halogenated alkanes) is 1. The average Bonchev–Trinajstić information content (AvgIpc) is 2.59. The number of oxime groups is 2. The summed E-state index contributed by atoms with van der Waals surface area (Å²) in [6.07, 6.45) is 4.49. The Kier molecular flexibility index (Phi) is 7.14. The molecule has 2 rings (SSSR count). The molecule has 0 radical (unpaired) electrons. The molecule has 0 fully saturated rings. The van der Waals surface area contributed by atoms with E-state index >= 15 is 0 Å². The number of hydrogen-bond donors (Lipinski definition) is 2. The third-order valence-electron chi connectivity index (χ3n) is 3.13. The van der Waals surface area contributed by atoms with E-state index in [2.05, 4.69) is 10.3 Å². The van der Waals surface area contributed by atoms with Crippen LogP contribution in [0.3, 0.4) is 0 Å². The number of nitrogens with zero attached hydrogens (tertiary/aromatic N) is 2. The number of hydrogen-bond acceptors (Lipinski definition) is 6. The second-order valence-electron chi connectivity index (χ2n) is 4.96. The molecular formula is C18H20N2O4. The molecule has 0 bridgehead atoms. The standard InChI is InChI=1S/C18H20N2O4/c21-17-9-3-1-7-15(17)13-19-23-11-5-6-12-24-20-14-16-8-2-4-10-18(16)22/h1-4,7-10,13-14,21-22H,5-6,11-12H2/b19-13+,20-14+. The summed E-state index contributed by atoms with van der Waals surface area (Å²) in [6, 6.07) is 13.8. The Hall–Kier alpha value is -3.02. The normalized spacial score (nSPS) is 11.2. The van der Waals surface area contributed by atoms with Crippen LogP contribution in [-0.2, 0) is 9.68 Å². The molecule has 24 heavy (non-hydrogen) atoms. The monoisotopic (exact) mass is 328 g/mol. The van der Waals surface area contributed by atoms with Gasteiger partial charge in [-0.25, -0.2) is 0 Å². The first-order valence-electron chi connectivity index (χ1n) is 7.64. The van der Waals surface area contributed by atoms with Gasteiger partial charge < -0.3 is 19.9 Å². The van der Waals surface area contributed by atoms with E-state index in [1.165, 1.54) is 12.4 Å². The van der Waals surface area contributed by atoms with Crippen LogP contribution in [0.1, 0.15) is 24.0 Å². The van der Waals surface area contributed by atoms with Crippen molar-refractivity contribution >= 4 is 12.4 Å². The van der Waals surface area contributed by atoms with Gasteiger partial charge in [-0.3, -0.25) is 0 Å². The van der Waals surface area contributed by atoms with Gasteiger partial charge in [-0.1, -0.05) is 34.6 Å². The molecule has 0 atom stereocenters. The van der Waals surface area contributed by atoms with E-state index in [9.17, 15) is 10.2 Å². The lowest BCUT2D eigenvalue weighted by Gasteiger charge is -2.01. The van der Waals surface area contributed by atoms with Gasteiger partial charge in [0.15, 0.2) is 0 Å². The van der Waals surface area contributed by atoms with E-state index in [0.29, 0.717) is 24.3 Å². The summed E-state index contributed by atoms with van der Waals surface area (Å²) in [6.45, 7) is 0.910. The minimum Gasteiger partial charge on any atom is -0.507 e. The van der Waals surface area contributed by atoms with Crippen LogP contribution in [0.15, 0.2) is 58.8 Å². The van der Waals surface area contributed by atoms with E-state index in [1.807, 2.05) is 12.1 Å². The van der Waals surface area contributed by atoms with Crippen molar-refractivity contribution in [3.8, 4) is 11.5 Å². The quantitative estimate of drug-likeness (QED) is 0.420. The summed E-state index contributed by atoms with van der Waals surface area (Å²) in [5.41, 5.74) is 1.22. The summed E-state index contributed by atoms with van der Waals surface area (Å²) in [5.74, 6) is 0.334. The second-order valence-corrected chi connectivity index (χ2v) is 4.96. The van der Waals surface area contributed by atoms with Crippen LogP contribution >= 0.6 is 0 Å². The fourth-order valence-corrected chi connectivity index (χ4v) is 1.82. The van der Waals surface area contributed by atoms with Gasteiger partial charge in [0.1, 0.15) is 24.7 Å². The van der Waals surface area contributed by atoms with Gasteiger partial charge in [-0.15, -0.1) is 0 Å². The Morgan fingerprint density at radius 2 is 1.12 bits per heavy atom. The number of aromatic hydroxyl groups is 2. The third-order valence-corrected chi connectivity index (χ3v) is 3.13. The van der Waals surface area contributed by atoms with Crippen molar-refractivity contribution in [3.63, 3.8) is 0 Å². The molecule has 0 aromatic heterocycles. The average molecular weight is 328 g/mol. The van der Waals surface area contributed by atoms with E-state index in [1.54, 1.807) is 36.4 Å². The maximum Gasteiger partial charge on any atom is 0.124 e. The molecule has 2 N–H and O–H groups in total. The number of para-hydroxylation sites is 2. The van der Waals surface area contributed by atoms with Crippen LogP contribution in [-0.4, -0.2) is 35.9 Å². The predicted molar refractivity (Wildman–Crippen MR) is 92.5 cm³/mol. The lowest BCUT2D eigenvalue weighted by atomic mass is 10.2. The second kappa shape index (κ2) is 9.89. The predicted octanol–water partition coefficient (Wildman–Crippen LogP) is 3.28. The highest BCUT2D eigenvalue weighted by Crippen LogP contribution is 2.13.